The van der Waals surface area contributed by atoms with Crippen LogP contribution in [0.25, 0.3) is 10.6 Å². The number of carbonyl (C=O) groups excluding carboxylic acids is 2. The molecule has 10 nitrogen and oxygen atoms in total. The highest BCUT2D eigenvalue weighted by atomic mass is 32.1. The van der Waals surface area contributed by atoms with E-state index in [9.17, 15) is 22.8 Å². The monoisotopic (exact) mass is 633 g/mol. The summed E-state index contributed by atoms with van der Waals surface area (Å²) >= 11 is 1.46. The van der Waals surface area contributed by atoms with Gasteiger partial charge < -0.3 is 24.4 Å². The average molecular weight is 634 g/mol. The van der Waals surface area contributed by atoms with Crippen molar-refractivity contribution >= 4 is 23.3 Å². The maximum Gasteiger partial charge on any atom is 0.451 e. The molecule has 1 aliphatic heterocycles. The van der Waals surface area contributed by atoms with Gasteiger partial charge in [-0.25, -0.2) is 19.7 Å². The number of rotatable bonds is 6. The van der Waals surface area contributed by atoms with Gasteiger partial charge in [-0.2, -0.15) is 13.2 Å². The lowest BCUT2D eigenvalue weighted by Crippen LogP contribution is -2.55. The fourth-order valence-corrected chi connectivity index (χ4v) is 6.00. The van der Waals surface area contributed by atoms with E-state index in [0.29, 0.717) is 47.9 Å². The summed E-state index contributed by atoms with van der Waals surface area (Å²) in [4.78, 5) is 40.2. The number of alkyl halides is 3. The number of nitrogens with zero attached hydrogens (tertiary/aromatic N) is 4. The van der Waals surface area contributed by atoms with E-state index in [0.717, 1.165) is 17.3 Å². The number of ether oxygens (including phenoxy) is 3. The van der Waals surface area contributed by atoms with Crippen molar-refractivity contribution in [3.8, 4) is 16.3 Å². The Morgan fingerprint density at radius 2 is 1.82 bits per heavy atom. The number of nitrogens with one attached hydrogen (secondary N) is 1. The molecule has 1 N–H and O–H groups in total. The van der Waals surface area contributed by atoms with E-state index < -0.39 is 29.6 Å². The number of fused-ring (bicyclic) bond motifs is 1. The number of thiazole rings is 1. The molecule has 2 amide bonds. The molecule has 236 valence electrons. The molecule has 1 unspecified atom stereocenters. The molecule has 0 bridgehead atoms. The van der Waals surface area contributed by atoms with E-state index in [4.69, 9.17) is 14.2 Å². The Morgan fingerprint density at radius 3 is 2.45 bits per heavy atom. The molecule has 1 saturated heterocycles. The second kappa shape index (κ2) is 12.3. The van der Waals surface area contributed by atoms with Gasteiger partial charge in [-0.15, -0.1) is 11.3 Å². The Hall–Kier alpha value is -3.78. The van der Waals surface area contributed by atoms with Crippen LogP contribution >= 0.6 is 11.3 Å². The summed E-state index contributed by atoms with van der Waals surface area (Å²) in [6, 6.07) is 4.23. The number of carbonyl (C=O) groups is 2. The van der Waals surface area contributed by atoms with E-state index in [1.54, 1.807) is 30.2 Å². The summed E-state index contributed by atoms with van der Waals surface area (Å²) in [5.74, 6) is -1.29. The van der Waals surface area contributed by atoms with Gasteiger partial charge in [0.1, 0.15) is 28.6 Å². The molecule has 44 heavy (non-hydrogen) atoms. The minimum atomic E-state index is -4.66. The molecule has 5 rings (SSSR count). The van der Waals surface area contributed by atoms with E-state index >= 15 is 0 Å². The first-order chi connectivity index (χ1) is 20.7. The lowest BCUT2D eigenvalue weighted by molar-refractivity contribution is -0.145. The molecule has 0 spiro atoms. The fraction of sp³-hybridized carbons (Fsp3) is 0.500. The topological polar surface area (TPSA) is 116 Å². The lowest BCUT2D eigenvalue weighted by Gasteiger charge is -2.39. The maximum absolute atomic E-state index is 13.4. The van der Waals surface area contributed by atoms with Gasteiger partial charge in [0, 0.05) is 46.7 Å². The highest BCUT2D eigenvalue weighted by molar-refractivity contribution is 7.14. The Kier molecular flexibility index (Phi) is 8.85. The van der Waals surface area contributed by atoms with Crippen LogP contribution in [-0.4, -0.2) is 68.9 Å². The fourth-order valence-electron chi connectivity index (χ4n) is 5.25. The third-order valence-corrected chi connectivity index (χ3v) is 8.22. The molecule has 2 aliphatic rings. The van der Waals surface area contributed by atoms with Crippen LogP contribution in [0.4, 0.5) is 18.0 Å². The zero-order valence-corrected chi connectivity index (χ0v) is 25.8. The highest BCUT2D eigenvalue weighted by Crippen LogP contribution is 2.36. The summed E-state index contributed by atoms with van der Waals surface area (Å²) in [5, 5.41) is 3.50. The minimum Gasteiger partial charge on any atom is -0.488 e. The lowest BCUT2D eigenvalue weighted by atomic mass is 10.1. The minimum absolute atomic E-state index is 0.206. The van der Waals surface area contributed by atoms with Crippen LogP contribution in [0.15, 0.2) is 36.8 Å². The first kappa shape index (κ1) is 31.6. The second-order valence-electron chi connectivity index (χ2n) is 11.9. The molecule has 0 radical (unpaired) electrons. The summed E-state index contributed by atoms with van der Waals surface area (Å²) in [6.45, 7) is 9.81. The Balaban J connectivity index is 1.36. The maximum atomic E-state index is 13.4. The average Bonchev–Trinajstić information content (AvgIpc) is 3.57. The molecule has 3 heterocycles. The van der Waals surface area contributed by atoms with Crippen molar-refractivity contribution in [3.63, 3.8) is 0 Å². The normalized spacial score (nSPS) is 21.0. The summed E-state index contributed by atoms with van der Waals surface area (Å²) in [6.07, 6.45) is -0.673. The van der Waals surface area contributed by atoms with Crippen molar-refractivity contribution in [1.82, 2.24) is 25.2 Å². The largest absolute Gasteiger partial charge is 0.488 e. The number of aromatic nitrogens is 3. The Bertz CT molecular complexity index is 1510. The van der Waals surface area contributed by atoms with E-state index in [1.165, 1.54) is 11.3 Å². The second-order valence-corrected chi connectivity index (χ2v) is 13.1. The molecule has 14 heteroatoms. The predicted octanol–water partition coefficient (Wildman–Crippen LogP) is 5.96. The van der Waals surface area contributed by atoms with Crippen molar-refractivity contribution in [2.45, 2.75) is 83.5 Å². The Morgan fingerprint density at radius 1 is 1.09 bits per heavy atom. The summed E-state index contributed by atoms with van der Waals surface area (Å²) in [5.41, 5.74) is 0.642. The molecule has 1 aromatic carbocycles. The van der Waals surface area contributed by atoms with Gasteiger partial charge in [0.05, 0.1) is 18.7 Å². The molecule has 4 atom stereocenters. The number of amides is 2. The van der Waals surface area contributed by atoms with Crippen molar-refractivity contribution in [1.29, 1.82) is 0 Å². The first-order valence-corrected chi connectivity index (χ1v) is 15.1. The van der Waals surface area contributed by atoms with Crippen LogP contribution in [0.3, 0.4) is 0 Å². The van der Waals surface area contributed by atoms with Crippen LogP contribution in [0.2, 0.25) is 0 Å². The van der Waals surface area contributed by atoms with Gasteiger partial charge in [-0.3, -0.25) is 4.79 Å². The number of hydrogen-bond donors (Lipinski definition) is 1. The zero-order valence-electron chi connectivity index (χ0n) is 25.0. The van der Waals surface area contributed by atoms with E-state index in [1.807, 2.05) is 33.8 Å². The van der Waals surface area contributed by atoms with Gasteiger partial charge in [-0.1, -0.05) is 0 Å². The van der Waals surface area contributed by atoms with Crippen molar-refractivity contribution < 1.29 is 37.0 Å². The number of benzene rings is 1. The van der Waals surface area contributed by atoms with Crippen LogP contribution in [0.1, 0.15) is 73.2 Å². The smallest absolute Gasteiger partial charge is 0.451 e. The van der Waals surface area contributed by atoms with Gasteiger partial charge in [0.15, 0.2) is 0 Å². The summed E-state index contributed by atoms with van der Waals surface area (Å²) < 4.78 is 56.8. The predicted molar refractivity (Wildman–Crippen MR) is 155 cm³/mol. The van der Waals surface area contributed by atoms with Crippen LogP contribution in [0, 0.1) is 6.92 Å². The molecule has 1 saturated carbocycles. The molecular weight excluding hydrogens is 599 g/mol. The van der Waals surface area contributed by atoms with Gasteiger partial charge in [0.2, 0.25) is 5.82 Å². The molecular formula is C30H34F3N5O5S. The van der Waals surface area contributed by atoms with Crippen molar-refractivity contribution in [2.75, 3.05) is 13.2 Å². The number of aryl methyl sites for hydroxylation is 1. The zero-order chi connectivity index (χ0) is 31.8. The van der Waals surface area contributed by atoms with Gasteiger partial charge >= 0.3 is 12.3 Å². The molecule has 2 fully saturated rings. The number of halogens is 3. The van der Waals surface area contributed by atoms with Crippen molar-refractivity contribution in [3.05, 3.63) is 58.6 Å². The first-order valence-electron chi connectivity index (χ1n) is 14.2. The standard InChI is InChI=1S/C30H34F3N5O5S/c1-16-13-34-26(44-16)19-10-18(25(39)37-17(2)20-14-35-27(36-15-20)30(31,32)33)11-21(12-19)42-23-7-6-22-24(23)41-9-8-38(22)28(40)43-29(3,4)5/h10-15,17,22-24H,6-9H2,1-5H3,(H,37,39)/t17?,22-,23+,24+/m0/s1. The Labute approximate surface area is 257 Å². The van der Waals surface area contributed by atoms with E-state index in [2.05, 4.69) is 20.3 Å². The van der Waals surface area contributed by atoms with Crippen LogP contribution in [-0.2, 0) is 15.7 Å². The SMILES string of the molecule is Cc1cnc(-c2cc(O[C@@H]3CC[C@H]4[C@H]3OCCN4C(=O)OC(C)(C)C)cc(C(=O)NC(C)c3cnc(C(F)(F)F)nc3)c2)s1. The van der Waals surface area contributed by atoms with E-state index in [-0.39, 0.29) is 29.9 Å². The molecule has 1 aliphatic carbocycles. The number of hydrogen-bond acceptors (Lipinski definition) is 9. The third kappa shape index (κ3) is 7.29. The van der Waals surface area contributed by atoms with Gasteiger partial charge in [0.25, 0.3) is 5.91 Å². The van der Waals surface area contributed by atoms with Gasteiger partial charge in [-0.05, 0) is 65.7 Å². The number of morpholine rings is 1. The van der Waals surface area contributed by atoms with Crippen LogP contribution in [0.5, 0.6) is 5.75 Å². The third-order valence-electron chi connectivity index (χ3n) is 7.26. The van der Waals surface area contributed by atoms with Crippen molar-refractivity contribution in [2.24, 2.45) is 0 Å². The molecule has 3 aromatic rings. The summed E-state index contributed by atoms with van der Waals surface area (Å²) in [7, 11) is 0. The molecule has 2 aromatic heterocycles. The quantitative estimate of drug-likeness (QED) is 0.354. The van der Waals surface area contributed by atoms with Crippen LogP contribution < -0.4 is 10.1 Å². The highest BCUT2D eigenvalue weighted by Gasteiger charge is 2.47.